The molecule has 20 heavy (non-hydrogen) atoms. The lowest BCUT2D eigenvalue weighted by Crippen LogP contribution is -2.42. The predicted octanol–water partition coefficient (Wildman–Crippen LogP) is 3.69. The maximum absolute atomic E-state index is 10.3. The van der Waals surface area contributed by atoms with E-state index in [-0.39, 0.29) is 11.5 Å². The Kier molecular flexibility index (Phi) is 2.56. The average Bonchev–Trinajstić information content (AvgIpc) is 2.74. The Morgan fingerprint density at radius 1 is 1.20 bits per heavy atom. The Labute approximate surface area is 120 Å². The average molecular weight is 270 g/mol. The largest absolute Gasteiger partial charge is 0.508 e. The molecule has 5 atom stereocenters. The molecule has 2 heteroatoms. The number of fused-ring (bicyclic) bond motifs is 5. The minimum absolute atomic E-state index is 0.111. The van der Waals surface area contributed by atoms with Crippen molar-refractivity contribution in [3.63, 3.8) is 0 Å². The summed E-state index contributed by atoms with van der Waals surface area (Å²) in [5.41, 5.74) is 2.67. The van der Waals surface area contributed by atoms with E-state index in [0.717, 1.165) is 25.7 Å². The fourth-order valence-electron chi connectivity index (χ4n) is 5.06. The minimum Gasteiger partial charge on any atom is -0.508 e. The highest BCUT2D eigenvalue weighted by Crippen LogP contribution is 2.60. The number of hydrogen-bond acceptors (Lipinski definition) is 2. The van der Waals surface area contributed by atoms with Crippen LogP contribution in [0.25, 0.3) is 6.08 Å². The fraction of sp³-hybridized carbons (Fsp3) is 0.556. The van der Waals surface area contributed by atoms with Gasteiger partial charge in [0.25, 0.3) is 0 Å². The van der Waals surface area contributed by atoms with Gasteiger partial charge in [-0.2, -0.15) is 0 Å². The molecule has 0 bridgehead atoms. The third-order valence-corrected chi connectivity index (χ3v) is 6.25. The summed E-state index contributed by atoms with van der Waals surface area (Å²) in [7, 11) is 0. The molecule has 2 saturated carbocycles. The lowest BCUT2D eigenvalue weighted by molar-refractivity contribution is -0.00797. The van der Waals surface area contributed by atoms with Crippen molar-refractivity contribution < 1.29 is 10.2 Å². The first-order valence-electron chi connectivity index (χ1n) is 7.79. The van der Waals surface area contributed by atoms with E-state index in [2.05, 4.69) is 25.1 Å². The van der Waals surface area contributed by atoms with E-state index in [0.29, 0.717) is 23.5 Å². The van der Waals surface area contributed by atoms with Crippen LogP contribution in [0.5, 0.6) is 5.75 Å². The third-order valence-electron chi connectivity index (χ3n) is 6.25. The first-order chi connectivity index (χ1) is 9.59. The number of aromatic hydroxyl groups is 1. The number of phenols is 1. The van der Waals surface area contributed by atoms with Crippen LogP contribution in [-0.2, 0) is 0 Å². The van der Waals surface area contributed by atoms with Crippen LogP contribution in [0.2, 0.25) is 0 Å². The van der Waals surface area contributed by atoms with Gasteiger partial charge in [0.15, 0.2) is 0 Å². The molecule has 4 rings (SSSR count). The van der Waals surface area contributed by atoms with Crippen molar-refractivity contribution in [1.82, 2.24) is 0 Å². The van der Waals surface area contributed by atoms with E-state index in [4.69, 9.17) is 0 Å². The topological polar surface area (TPSA) is 40.5 Å². The maximum Gasteiger partial charge on any atom is 0.116 e. The molecule has 106 valence electrons. The number of rotatable bonds is 0. The van der Waals surface area contributed by atoms with E-state index in [1.807, 2.05) is 12.1 Å². The highest BCUT2D eigenvalue weighted by molar-refractivity contribution is 5.60. The van der Waals surface area contributed by atoms with Crippen LogP contribution in [0.15, 0.2) is 24.3 Å². The van der Waals surface area contributed by atoms with Gasteiger partial charge in [0.2, 0.25) is 0 Å². The number of aliphatic hydroxyl groups excluding tert-OH is 1. The Bertz CT molecular complexity index is 577. The molecule has 0 unspecified atom stereocenters. The highest BCUT2D eigenvalue weighted by atomic mass is 16.3. The predicted molar refractivity (Wildman–Crippen MR) is 79.4 cm³/mol. The van der Waals surface area contributed by atoms with Crippen molar-refractivity contribution >= 4 is 6.08 Å². The first kappa shape index (κ1) is 12.5. The summed E-state index contributed by atoms with van der Waals surface area (Å²) in [5, 5.41) is 20.0. The van der Waals surface area contributed by atoms with Crippen LogP contribution in [0, 0.1) is 17.3 Å². The van der Waals surface area contributed by atoms with Gasteiger partial charge in [0.1, 0.15) is 5.75 Å². The summed E-state index contributed by atoms with van der Waals surface area (Å²) in [5.74, 6) is 2.08. The van der Waals surface area contributed by atoms with Crippen molar-refractivity contribution in [1.29, 1.82) is 0 Å². The normalized spacial score (nSPS) is 41.9. The fourth-order valence-corrected chi connectivity index (χ4v) is 5.06. The van der Waals surface area contributed by atoms with Crippen molar-refractivity contribution in [2.24, 2.45) is 17.3 Å². The smallest absolute Gasteiger partial charge is 0.116 e. The standard InChI is InChI=1S/C18H22O2/c1-18-9-8-14-13-5-3-12(19)10-11(13)2-4-15(14)16(18)6-7-17(18)20/h2-5,10,14-17,19-20H,6-9H2,1H3/t14-,15-,16-,17-,18+/m0/s1. The Balaban J connectivity index is 1.75. The molecule has 0 aliphatic heterocycles. The molecular weight excluding hydrogens is 248 g/mol. The van der Waals surface area contributed by atoms with Gasteiger partial charge in [0.05, 0.1) is 6.10 Å². The Hall–Kier alpha value is -1.28. The number of phenolic OH excluding ortho intramolecular Hbond substituents is 1. The van der Waals surface area contributed by atoms with Crippen molar-refractivity contribution in [2.45, 2.75) is 44.6 Å². The van der Waals surface area contributed by atoms with Gasteiger partial charge in [-0.3, -0.25) is 0 Å². The van der Waals surface area contributed by atoms with Gasteiger partial charge >= 0.3 is 0 Å². The summed E-state index contributed by atoms with van der Waals surface area (Å²) < 4.78 is 0. The van der Waals surface area contributed by atoms with Crippen LogP contribution >= 0.6 is 0 Å². The van der Waals surface area contributed by atoms with Crippen molar-refractivity contribution in [2.75, 3.05) is 0 Å². The van der Waals surface area contributed by atoms with Gasteiger partial charge in [-0.1, -0.05) is 25.1 Å². The third kappa shape index (κ3) is 1.54. The second-order valence-corrected chi connectivity index (χ2v) is 7.10. The van der Waals surface area contributed by atoms with E-state index < -0.39 is 0 Å². The zero-order valence-electron chi connectivity index (χ0n) is 11.9. The number of aliphatic hydroxyl groups is 1. The molecule has 0 amide bonds. The molecule has 2 nitrogen and oxygen atoms in total. The molecule has 0 saturated heterocycles. The molecule has 3 aliphatic carbocycles. The zero-order chi connectivity index (χ0) is 13.9. The lowest BCUT2D eigenvalue weighted by Gasteiger charge is -2.48. The van der Waals surface area contributed by atoms with Crippen LogP contribution in [0.4, 0.5) is 0 Å². The second-order valence-electron chi connectivity index (χ2n) is 7.10. The van der Waals surface area contributed by atoms with E-state index in [1.54, 1.807) is 0 Å². The van der Waals surface area contributed by atoms with Crippen molar-refractivity contribution in [3.05, 3.63) is 35.4 Å². The molecule has 1 aromatic carbocycles. The zero-order valence-corrected chi connectivity index (χ0v) is 11.9. The van der Waals surface area contributed by atoms with Crippen LogP contribution in [0.3, 0.4) is 0 Å². The van der Waals surface area contributed by atoms with Gasteiger partial charge in [-0.15, -0.1) is 0 Å². The molecule has 2 N–H and O–H groups in total. The Morgan fingerprint density at radius 3 is 2.90 bits per heavy atom. The molecule has 1 aromatic rings. The quantitative estimate of drug-likeness (QED) is 0.755. The monoisotopic (exact) mass is 270 g/mol. The molecule has 0 heterocycles. The molecular formula is C18H22O2. The summed E-state index contributed by atoms with van der Waals surface area (Å²) in [6, 6.07) is 5.78. The molecule has 0 aromatic heterocycles. The number of allylic oxidation sites excluding steroid dienone is 1. The minimum atomic E-state index is -0.122. The van der Waals surface area contributed by atoms with E-state index in [9.17, 15) is 10.2 Å². The highest BCUT2D eigenvalue weighted by Gasteiger charge is 2.53. The SMILES string of the molecule is C[C@@]12CC[C@H]3c4ccc(O)cc4C=C[C@@H]3[C@@H]1CC[C@@H]2O. The van der Waals surface area contributed by atoms with E-state index in [1.165, 1.54) is 11.1 Å². The second kappa shape index (κ2) is 4.11. The molecule has 2 fully saturated rings. The summed E-state index contributed by atoms with van der Waals surface area (Å²) >= 11 is 0. The summed E-state index contributed by atoms with van der Waals surface area (Å²) in [6.07, 6.45) is 8.77. The van der Waals surface area contributed by atoms with E-state index >= 15 is 0 Å². The summed E-state index contributed by atoms with van der Waals surface area (Å²) in [6.45, 7) is 2.28. The van der Waals surface area contributed by atoms with Gasteiger partial charge in [0, 0.05) is 0 Å². The lowest BCUT2D eigenvalue weighted by atomic mass is 9.57. The van der Waals surface area contributed by atoms with Gasteiger partial charge in [-0.05, 0) is 72.1 Å². The van der Waals surface area contributed by atoms with Crippen LogP contribution < -0.4 is 0 Å². The van der Waals surface area contributed by atoms with Crippen LogP contribution in [-0.4, -0.2) is 16.3 Å². The van der Waals surface area contributed by atoms with Crippen LogP contribution in [0.1, 0.15) is 49.7 Å². The molecule has 0 radical (unpaired) electrons. The summed E-state index contributed by atoms with van der Waals surface area (Å²) in [4.78, 5) is 0. The first-order valence-corrected chi connectivity index (χ1v) is 7.79. The van der Waals surface area contributed by atoms with Gasteiger partial charge in [-0.25, -0.2) is 0 Å². The molecule has 3 aliphatic rings. The van der Waals surface area contributed by atoms with Gasteiger partial charge < -0.3 is 10.2 Å². The van der Waals surface area contributed by atoms with Crippen molar-refractivity contribution in [3.8, 4) is 5.75 Å². The number of hydrogen-bond donors (Lipinski definition) is 2. The number of benzene rings is 1. The molecule has 0 spiro atoms. The maximum atomic E-state index is 10.3. The Morgan fingerprint density at radius 2 is 2.05 bits per heavy atom.